The van der Waals surface area contributed by atoms with E-state index in [1.54, 1.807) is 19.2 Å². The van der Waals surface area contributed by atoms with E-state index in [1.165, 1.54) is 13.2 Å². The summed E-state index contributed by atoms with van der Waals surface area (Å²) in [6.07, 6.45) is 2.90. The SMILES string of the molecule is CCOC(=O)/C(=C/c1cc(Br)cnc1OC)N=[N+]=[N-]. The van der Waals surface area contributed by atoms with E-state index < -0.39 is 5.97 Å². The molecule has 100 valence electrons. The number of rotatable bonds is 5. The Labute approximate surface area is 118 Å². The van der Waals surface area contributed by atoms with Crippen LogP contribution in [0.1, 0.15) is 12.5 Å². The van der Waals surface area contributed by atoms with Gasteiger partial charge in [-0.05, 0) is 40.5 Å². The fourth-order valence-electron chi connectivity index (χ4n) is 1.25. The van der Waals surface area contributed by atoms with Gasteiger partial charge in [-0.1, -0.05) is 5.11 Å². The minimum atomic E-state index is -0.706. The molecule has 0 N–H and O–H groups in total. The van der Waals surface area contributed by atoms with Crippen molar-refractivity contribution in [1.82, 2.24) is 4.98 Å². The lowest BCUT2D eigenvalue weighted by molar-refractivity contribution is -0.138. The summed E-state index contributed by atoms with van der Waals surface area (Å²) in [7, 11) is 1.45. The van der Waals surface area contributed by atoms with Gasteiger partial charge in [-0.3, -0.25) is 0 Å². The third-order valence-corrected chi connectivity index (χ3v) is 2.40. The molecule has 0 aliphatic heterocycles. The molecule has 0 spiro atoms. The Hall–Kier alpha value is -2.05. The third kappa shape index (κ3) is 4.27. The summed E-state index contributed by atoms with van der Waals surface area (Å²) in [4.78, 5) is 18.2. The Morgan fingerprint density at radius 3 is 3.00 bits per heavy atom. The van der Waals surface area contributed by atoms with E-state index in [4.69, 9.17) is 15.0 Å². The Kier molecular flexibility index (Phi) is 5.84. The van der Waals surface area contributed by atoms with Crippen molar-refractivity contribution in [2.24, 2.45) is 5.11 Å². The Morgan fingerprint density at radius 1 is 1.68 bits per heavy atom. The second kappa shape index (κ2) is 7.40. The maximum atomic E-state index is 11.6. The zero-order valence-corrected chi connectivity index (χ0v) is 11.9. The second-order valence-corrected chi connectivity index (χ2v) is 4.11. The molecule has 0 fully saturated rings. The first-order chi connectivity index (χ1) is 9.12. The quantitative estimate of drug-likeness (QED) is 0.273. The molecular formula is C11H11BrN4O3. The van der Waals surface area contributed by atoms with Gasteiger partial charge in [0.1, 0.15) is 5.70 Å². The molecule has 1 heterocycles. The molecule has 0 radical (unpaired) electrons. The van der Waals surface area contributed by atoms with Crippen molar-refractivity contribution < 1.29 is 14.3 Å². The zero-order valence-electron chi connectivity index (χ0n) is 10.3. The minimum absolute atomic E-state index is 0.164. The van der Waals surface area contributed by atoms with Gasteiger partial charge in [0.2, 0.25) is 5.88 Å². The topological polar surface area (TPSA) is 97.2 Å². The van der Waals surface area contributed by atoms with E-state index in [9.17, 15) is 4.79 Å². The number of carbonyl (C=O) groups is 1. The van der Waals surface area contributed by atoms with Gasteiger partial charge in [-0.2, -0.15) is 0 Å². The van der Waals surface area contributed by atoms with Crippen molar-refractivity contribution in [3.63, 3.8) is 0 Å². The number of carbonyl (C=O) groups excluding carboxylic acids is 1. The van der Waals surface area contributed by atoms with Crippen LogP contribution in [0.3, 0.4) is 0 Å². The lowest BCUT2D eigenvalue weighted by Crippen LogP contribution is -2.05. The molecule has 19 heavy (non-hydrogen) atoms. The van der Waals surface area contributed by atoms with Gasteiger partial charge in [0.05, 0.1) is 13.7 Å². The van der Waals surface area contributed by atoms with Gasteiger partial charge in [0, 0.05) is 21.1 Å². The summed E-state index contributed by atoms with van der Waals surface area (Å²) in [5.74, 6) is -0.402. The predicted octanol–water partition coefficient (Wildman–Crippen LogP) is 3.07. The molecule has 0 amide bonds. The molecule has 0 aliphatic rings. The largest absolute Gasteiger partial charge is 0.481 e. The summed E-state index contributed by atoms with van der Waals surface area (Å²) < 4.78 is 10.5. The summed E-state index contributed by atoms with van der Waals surface area (Å²) in [6, 6.07) is 1.68. The third-order valence-electron chi connectivity index (χ3n) is 1.97. The summed E-state index contributed by atoms with van der Waals surface area (Å²) >= 11 is 3.26. The number of ether oxygens (including phenoxy) is 2. The van der Waals surface area contributed by atoms with E-state index in [2.05, 4.69) is 30.9 Å². The van der Waals surface area contributed by atoms with Gasteiger partial charge in [-0.15, -0.1) is 0 Å². The molecule has 0 atom stereocenters. The highest BCUT2D eigenvalue weighted by atomic mass is 79.9. The first-order valence-corrected chi connectivity index (χ1v) is 6.05. The number of aromatic nitrogens is 1. The van der Waals surface area contributed by atoms with Crippen LogP contribution in [0.25, 0.3) is 16.5 Å². The molecule has 1 aromatic heterocycles. The Balaban J connectivity index is 3.25. The van der Waals surface area contributed by atoms with E-state index >= 15 is 0 Å². The number of pyridine rings is 1. The van der Waals surface area contributed by atoms with Crippen molar-refractivity contribution in [3.05, 3.63) is 38.4 Å². The number of hydrogen-bond donors (Lipinski definition) is 0. The van der Waals surface area contributed by atoms with Crippen LogP contribution < -0.4 is 4.74 Å². The van der Waals surface area contributed by atoms with E-state index in [0.717, 1.165) is 0 Å². The lowest BCUT2D eigenvalue weighted by Gasteiger charge is -2.05. The first-order valence-electron chi connectivity index (χ1n) is 5.25. The maximum absolute atomic E-state index is 11.6. The van der Waals surface area contributed by atoms with Crippen LogP contribution in [-0.2, 0) is 9.53 Å². The normalized spacial score (nSPS) is 10.6. The molecule has 0 unspecified atom stereocenters. The molecule has 8 heteroatoms. The molecule has 1 aromatic rings. The molecule has 0 bridgehead atoms. The number of halogens is 1. The van der Waals surface area contributed by atoms with Crippen LogP contribution in [0, 0.1) is 0 Å². The summed E-state index contributed by atoms with van der Waals surface area (Å²) in [5, 5.41) is 3.31. The highest BCUT2D eigenvalue weighted by Gasteiger charge is 2.11. The maximum Gasteiger partial charge on any atom is 0.340 e. The van der Waals surface area contributed by atoms with Crippen molar-refractivity contribution in [2.75, 3.05) is 13.7 Å². The van der Waals surface area contributed by atoms with Crippen molar-refractivity contribution in [1.29, 1.82) is 0 Å². The van der Waals surface area contributed by atoms with Crippen LogP contribution in [0.4, 0.5) is 0 Å². The standard InChI is InChI=1S/C11H11BrN4O3/c1-3-19-11(17)9(15-16-13)5-7-4-8(12)6-14-10(7)18-2/h4-6H,3H2,1-2H3/b9-5-. The highest BCUT2D eigenvalue weighted by molar-refractivity contribution is 9.10. The van der Waals surface area contributed by atoms with E-state index in [0.29, 0.717) is 15.9 Å². The smallest absolute Gasteiger partial charge is 0.340 e. The number of methoxy groups -OCH3 is 1. The number of nitrogens with zero attached hydrogens (tertiary/aromatic N) is 4. The molecular weight excluding hydrogens is 316 g/mol. The zero-order chi connectivity index (χ0) is 14.3. The van der Waals surface area contributed by atoms with Gasteiger partial charge in [-0.25, -0.2) is 9.78 Å². The Bertz CT molecular complexity index is 553. The van der Waals surface area contributed by atoms with Gasteiger partial charge < -0.3 is 9.47 Å². The molecule has 0 aliphatic carbocycles. The van der Waals surface area contributed by atoms with Crippen LogP contribution in [-0.4, -0.2) is 24.7 Å². The molecule has 7 nitrogen and oxygen atoms in total. The van der Waals surface area contributed by atoms with E-state index in [-0.39, 0.29) is 12.3 Å². The first kappa shape index (κ1) is 15.0. The van der Waals surface area contributed by atoms with Crippen molar-refractivity contribution in [3.8, 4) is 5.88 Å². The average molecular weight is 327 g/mol. The van der Waals surface area contributed by atoms with Crippen LogP contribution in [0.15, 0.2) is 27.5 Å². The molecule has 0 aromatic carbocycles. The summed E-state index contributed by atoms with van der Waals surface area (Å²) in [6.45, 7) is 1.85. The Morgan fingerprint density at radius 2 is 2.42 bits per heavy atom. The second-order valence-electron chi connectivity index (χ2n) is 3.19. The van der Waals surface area contributed by atoms with Crippen molar-refractivity contribution >= 4 is 28.0 Å². The van der Waals surface area contributed by atoms with E-state index in [1.807, 2.05) is 0 Å². The fourth-order valence-corrected chi connectivity index (χ4v) is 1.59. The van der Waals surface area contributed by atoms with Gasteiger partial charge in [0.25, 0.3) is 0 Å². The van der Waals surface area contributed by atoms with Crippen LogP contribution in [0.5, 0.6) is 5.88 Å². The minimum Gasteiger partial charge on any atom is -0.481 e. The predicted molar refractivity (Wildman–Crippen MR) is 72.2 cm³/mol. The number of hydrogen-bond acceptors (Lipinski definition) is 5. The number of azide groups is 1. The number of esters is 1. The molecule has 0 saturated carbocycles. The van der Waals surface area contributed by atoms with Gasteiger partial charge in [0.15, 0.2) is 0 Å². The fraction of sp³-hybridized carbons (Fsp3) is 0.273. The van der Waals surface area contributed by atoms with Crippen LogP contribution in [0.2, 0.25) is 0 Å². The highest BCUT2D eigenvalue weighted by Crippen LogP contribution is 2.23. The van der Waals surface area contributed by atoms with Crippen LogP contribution >= 0.6 is 15.9 Å². The average Bonchev–Trinajstić information content (AvgIpc) is 2.39. The molecule has 0 saturated heterocycles. The van der Waals surface area contributed by atoms with Crippen molar-refractivity contribution in [2.45, 2.75) is 6.92 Å². The monoisotopic (exact) mass is 326 g/mol. The molecule has 1 rings (SSSR count). The van der Waals surface area contributed by atoms with Gasteiger partial charge >= 0.3 is 5.97 Å². The lowest BCUT2D eigenvalue weighted by atomic mass is 10.2. The summed E-state index contributed by atoms with van der Waals surface area (Å²) in [5.41, 5.74) is 8.80.